The van der Waals surface area contributed by atoms with Crippen LogP contribution in [0.15, 0.2) is 103 Å². The summed E-state index contributed by atoms with van der Waals surface area (Å²) >= 11 is 0. The molecule has 36 heavy (non-hydrogen) atoms. The molecule has 0 spiro atoms. The van der Waals surface area contributed by atoms with E-state index in [1.807, 2.05) is 67.0 Å². The molecule has 0 bridgehead atoms. The molecule has 5 heteroatoms. The van der Waals surface area contributed by atoms with Gasteiger partial charge in [0.25, 0.3) is 5.91 Å². The molecule has 5 rings (SSSR count). The molecule has 1 amide bonds. The summed E-state index contributed by atoms with van der Waals surface area (Å²) in [7, 11) is 0. The third-order valence-electron chi connectivity index (χ3n) is 6.76. The molecule has 1 aromatic heterocycles. The van der Waals surface area contributed by atoms with Gasteiger partial charge in [0, 0.05) is 63.8 Å². The Morgan fingerprint density at radius 3 is 1.75 bits per heavy atom. The van der Waals surface area contributed by atoms with Crippen LogP contribution in [0, 0.1) is 0 Å². The molecular weight excluding hydrogens is 444 g/mol. The SMILES string of the molecule is O=C(NCc1ccccc1)c1ccc(-c2ccc(CN3CCN(Cc4ccncc4)CC3)cc2)cc1. The highest BCUT2D eigenvalue weighted by Gasteiger charge is 2.17. The van der Waals surface area contributed by atoms with Gasteiger partial charge in [-0.2, -0.15) is 0 Å². The fourth-order valence-electron chi connectivity index (χ4n) is 4.61. The number of rotatable bonds is 8. The van der Waals surface area contributed by atoms with Gasteiger partial charge in [0.2, 0.25) is 0 Å². The topological polar surface area (TPSA) is 48.5 Å². The number of pyridine rings is 1. The number of piperazine rings is 1. The van der Waals surface area contributed by atoms with Crippen LogP contribution in [-0.4, -0.2) is 46.9 Å². The van der Waals surface area contributed by atoms with E-state index in [1.54, 1.807) is 0 Å². The van der Waals surface area contributed by atoms with E-state index in [1.165, 1.54) is 11.1 Å². The second kappa shape index (κ2) is 11.8. The van der Waals surface area contributed by atoms with E-state index in [-0.39, 0.29) is 5.91 Å². The van der Waals surface area contributed by atoms with E-state index < -0.39 is 0 Å². The summed E-state index contributed by atoms with van der Waals surface area (Å²) in [6, 6.07) is 30.8. The lowest BCUT2D eigenvalue weighted by atomic mass is 10.0. The Labute approximate surface area is 213 Å². The van der Waals surface area contributed by atoms with E-state index in [9.17, 15) is 4.79 Å². The average Bonchev–Trinajstić information content (AvgIpc) is 2.94. The number of aromatic nitrogens is 1. The van der Waals surface area contributed by atoms with Gasteiger partial charge in [0.15, 0.2) is 0 Å². The molecule has 0 aliphatic carbocycles. The Morgan fingerprint density at radius 1 is 0.639 bits per heavy atom. The maximum atomic E-state index is 12.5. The first kappa shape index (κ1) is 23.9. The second-order valence-corrected chi connectivity index (χ2v) is 9.35. The largest absolute Gasteiger partial charge is 0.348 e. The van der Waals surface area contributed by atoms with Gasteiger partial charge in [-0.1, -0.05) is 66.7 Å². The van der Waals surface area contributed by atoms with Crippen LogP contribution >= 0.6 is 0 Å². The molecule has 1 aliphatic rings. The summed E-state index contributed by atoms with van der Waals surface area (Å²) < 4.78 is 0. The van der Waals surface area contributed by atoms with Crippen molar-refractivity contribution in [1.82, 2.24) is 20.1 Å². The van der Waals surface area contributed by atoms with Crippen molar-refractivity contribution in [3.8, 4) is 11.1 Å². The number of carbonyl (C=O) groups excluding carboxylic acids is 1. The molecule has 0 saturated carbocycles. The molecule has 1 fully saturated rings. The lowest BCUT2D eigenvalue weighted by Gasteiger charge is -2.34. The summed E-state index contributed by atoms with van der Waals surface area (Å²) in [4.78, 5) is 21.6. The first-order chi connectivity index (χ1) is 17.7. The molecule has 1 N–H and O–H groups in total. The summed E-state index contributed by atoms with van der Waals surface area (Å²) in [6.45, 7) is 6.85. The van der Waals surface area contributed by atoms with Crippen molar-refractivity contribution in [2.75, 3.05) is 26.2 Å². The van der Waals surface area contributed by atoms with Crippen molar-refractivity contribution in [2.45, 2.75) is 19.6 Å². The van der Waals surface area contributed by atoms with Crippen LogP contribution < -0.4 is 5.32 Å². The van der Waals surface area contributed by atoms with Gasteiger partial charge in [-0.3, -0.25) is 19.6 Å². The highest BCUT2D eigenvalue weighted by Crippen LogP contribution is 2.21. The molecule has 1 saturated heterocycles. The number of amides is 1. The standard InChI is InChI=1S/C31H32N4O/c36-31(33-22-25-4-2-1-3-5-25)30-12-10-29(11-13-30)28-8-6-26(7-9-28)23-34-18-20-35(21-19-34)24-27-14-16-32-17-15-27/h1-17H,18-24H2,(H,33,36). The Bertz CT molecular complexity index is 1230. The normalized spacial score (nSPS) is 14.4. The molecular formula is C31H32N4O. The minimum absolute atomic E-state index is 0.0541. The van der Waals surface area contributed by atoms with Gasteiger partial charge < -0.3 is 5.32 Å². The van der Waals surface area contributed by atoms with Crippen molar-refractivity contribution in [2.24, 2.45) is 0 Å². The third kappa shape index (κ3) is 6.45. The van der Waals surface area contributed by atoms with Gasteiger partial charge in [0.1, 0.15) is 0 Å². The summed E-state index contributed by atoms with van der Waals surface area (Å²) in [5, 5.41) is 2.99. The smallest absolute Gasteiger partial charge is 0.251 e. The maximum absolute atomic E-state index is 12.5. The minimum atomic E-state index is -0.0541. The Balaban J connectivity index is 1.10. The van der Waals surface area contributed by atoms with Crippen molar-refractivity contribution in [3.05, 3.63) is 126 Å². The molecule has 5 nitrogen and oxygen atoms in total. The monoisotopic (exact) mass is 476 g/mol. The van der Waals surface area contributed by atoms with Crippen LogP contribution in [-0.2, 0) is 19.6 Å². The Kier molecular flexibility index (Phi) is 7.81. The highest BCUT2D eigenvalue weighted by molar-refractivity contribution is 5.94. The average molecular weight is 477 g/mol. The summed E-state index contributed by atoms with van der Waals surface area (Å²) in [5.41, 5.74) is 6.71. The first-order valence-electron chi connectivity index (χ1n) is 12.6. The van der Waals surface area contributed by atoms with Gasteiger partial charge in [-0.15, -0.1) is 0 Å². The summed E-state index contributed by atoms with van der Waals surface area (Å²) in [5.74, 6) is -0.0541. The fourth-order valence-corrected chi connectivity index (χ4v) is 4.61. The Hall–Kier alpha value is -3.80. The van der Waals surface area contributed by atoms with Gasteiger partial charge in [-0.05, 0) is 52.1 Å². The van der Waals surface area contributed by atoms with Gasteiger partial charge >= 0.3 is 0 Å². The van der Waals surface area contributed by atoms with Crippen LogP contribution in [0.4, 0.5) is 0 Å². The number of nitrogens with one attached hydrogen (secondary N) is 1. The quantitative estimate of drug-likeness (QED) is 0.389. The number of benzene rings is 3. The summed E-state index contributed by atoms with van der Waals surface area (Å²) in [6.07, 6.45) is 3.74. The van der Waals surface area contributed by atoms with Crippen LogP contribution in [0.3, 0.4) is 0 Å². The number of carbonyl (C=O) groups is 1. The minimum Gasteiger partial charge on any atom is -0.348 e. The van der Waals surface area contributed by atoms with Crippen LogP contribution in [0.25, 0.3) is 11.1 Å². The first-order valence-corrected chi connectivity index (χ1v) is 12.6. The molecule has 4 aromatic rings. The molecule has 0 unspecified atom stereocenters. The number of hydrogen-bond donors (Lipinski definition) is 1. The number of hydrogen-bond acceptors (Lipinski definition) is 4. The van der Waals surface area contributed by atoms with Crippen molar-refractivity contribution in [1.29, 1.82) is 0 Å². The highest BCUT2D eigenvalue weighted by atomic mass is 16.1. The second-order valence-electron chi connectivity index (χ2n) is 9.35. The molecule has 0 radical (unpaired) electrons. The van der Waals surface area contributed by atoms with E-state index in [4.69, 9.17) is 0 Å². The van der Waals surface area contributed by atoms with Crippen molar-refractivity contribution < 1.29 is 4.79 Å². The molecule has 0 atom stereocenters. The molecule has 1 aliphatic heterocycles. The molecule has 2 heterocycles. The number of nitrogens with zero attached hydrogens (tertiary/aromatic N) is 3. The maximum Gasteiger partial charge on any atom is 0.251 e. The lowest BCUT2D eigenvalue weighted by molar-refractivity contribution is 0.0951. The Morgan fingerprint density at radius 2 is 1.17 bits per heavy atom. The third-order valence-corrected chi connectivity index (χ3v) is 6.76. The van der Waals surface area contributed by atoms with E-state index >= 15 is 0 Å². The molecule has 182 valence electrons. The zero-order valence-corrected chi connectivity index (χ0v) is 20.5. The van der Waals surface area contributed by atoms with Crippen LogP contribution in [0.2, 0.25) is 0 Å². The van der Waals surface area contributed by atoms with Gasteiger partial charge in [-0.25, -0.2) is 0 Å². The zero-order chi connectivity index (χ0) is 24.6. The lowest BCUT2D eigenvalue weighted by Crippen LogP contribution is -2.45. The fraction of sp³-hybridized carbons (Fsp3) is 0.226. The van der Waals surface area contributed by atoms with E-state index in [0.717, 1.165) is 56.0 Å². The zero-order valence-electron chi connectivity index (χ0n) is 20.5. The van der Waals surface area contributed by atoms with E-state index in [0.29, 0.717) is 12.1 Å². The molecule has 3 aromatic carbocycles. The van der Waals surface area contributed by atoms with Crippen LogP contribution in [0.1, 0.15) is 27.0 Å². The van der Waals surface area contributed by atoms with E-state index in [2.05, 4.69) is 56.5 Å². The van der Waals surface area contributed by atoms with Crippen molar-refractivity contribution >= 4 is 5.91 Å². The van der Waals surface area contributed by atoms with Crippen LogP contribution in [0.5, 0.6) is 0 Å². The predicted molar refractivity (Wildman–Crippen MR) is 144 cm³/mol. The predicted octanol–water partition coefficient (Wildman–Crippen LogP) is 5.00. The van der Waals surface area contributed by atoms with Crippen molar-refractivity contribution in [3.63, 3.8) is 0 Å². The van der Waals surface area contributed by atoms with Gasteiger partial charge in [0.05, 0.1) is 0 Å².